The first-order chi connectivity index (χ1) is 14.8. The Kier molecular flexibility index (Phi) is 7.27. The number of aliphatic hydroxyl groups excluding tert-OH is 2. The van der Waals surface area contributed by atoms with Crippen molar-refractivity contribution >= 4 is 0 Å². The van der Waals surface area contributed by atoms with Crippen LogP contribution in [0.15, 0.2) is 47.1 Å². The smallest absolute Gasteiger partial charge is 0.120 e. The first-order valence-corrected chi connectivity index (χ1v) is 11.9. The predicted molar refractivity (Wildman–Crippen MR) is 129 cm³/mol. The zero-order valence-electron chi connectivity index (χ0n) is 20.4. The van der Waals surface area contributed by atoms with Gasteiger partial charge >= 0.3 is 0 Å². The summed E-state index contributed by atoms with van der Waals surface area (Å²) in [6.07, 6.45) is 10.7. The maximum atomic E-state index is 10.1. The highest BCUT2D eigenvalue weighted by molar-refractivity contribution is 5.41. The number of aliphatic hydroxyl groups is 3. The van der Waals surface area contributed by atoms with Gasteiger partial charge in [-0.3, -0.25) is 0 Å². The summed E-state index contributed by atoms with van der Waals surface area (Å²) in [5.41, 5.74) is 3.06. The van der Waals surface area contributed by atoms with E-state index in [-0.39, 0.29) is 12.0 Å². The third-order valence-electron chi connectivity index (χ3n) is 7.36. The molecule has 3 N–H and O–H groups in total. The summed E-state index contributed by atoms with van der Waals surface area (Å²) in [4.78, 5) is 0. The molecule has 176 valence electrons. The highest BCUT2D eigenvalue weighted by Crippen LogP contribution is 2.57. The van der Waals surface area contributed by atoms with Crippen molar-refractivity contribution in [1.82, 2.24) is 0 Å². The van der Waals surface area contributed by atoms with Gasteiger partial charge in [0, 0.05) is 6.42 Å². The number of allylic oxidation sites excluding steroid dienone is 4. The van der Waals surface area contributed by atoms with E-state index in [2.05, 4.69) is 57.4 Å². The van der Waals surface area contributed by atoms with Crippen LogP contribution in [0.2, 0.25) is 0 Å². The number of hydrogen-bond donors (Lipinski definition) is 3. The standard InChI is InChI=1S/C28H40O4/c1-19-21(17-22(29)18-24(19)30)11-10-20-9-7-15-28(6)23(20)12-13-25(28)27(4,5)32-16-8-14-26(2,3)31/h10-11,13,22-24,29-31H,1,7,9,12,15-18H2,2-6H3/t22-,23+,24+,28+/m1/s1. The van der Waals surface area contributed by atoms with Crippen molar-refractivity contribution in [2.45, 2.75) is 96.6 Å². The molecule has 2 fully saturated rings. The van der Waals surface area contributed by atoms with Crippen molar-refractivity contribution in [3.8, 4) is 11.8 Å². The summed E-state index contributed by atoms with van der Waals surface area (Å²) in [7, 11) is 0. The molecule has 0 spiro atoms. The van der Waals surface area contributed by atoms with E-state index in [1.54, 1.807) is 13.8 Å². The van der Waals surface area contributed by atoms with Gasteiger partial charge in [0.2, 0.25) is 0 Å². The number of rotatable bonds is 4. The molecule has 0 aromatic heterocycles. The summed E-state index contributed by atoms with van der Waals surface area (Å²) >= 11 is 0. The Bertz CT molecular complexity index is 887. The lowest BCUT2D eigenvalue weighted by molar-refractivity contribution is 0.0102. The predicted octanol–water partition coefficient (Wildman–Crippen LogP) is 4.62. The molecular formula is C28H40O4. The van der Waals surface area contributed by atoms with Crippen LogP contribution < -0.4 is 0 Å². The largest absolute Gasteiger partial charge is 0.393 e. The fraction of sp³-hybridized carbons (Fsp3) is 0.643. The minimum atomic E-state index is -1.01. The molecule has 4 atom stereocenters. The number of fused-ring (bicyclic) bond motifs is 1. The van der Waals surface area contributed by atoms with Crippen LogP contribution in [0.4, 0.5) is 0 Å². The highest BCUT2D eigenvalue weighted by Gasteiger charge is 2.49. The van der Waals surface area contributed by atoms with Crippen LogP contribution in [0.5, 0.6) is 0 Å². The fourth-order valence-electron chi connectivity index (χ4n) is 5.76. The minimum absolute atomic E-state index is 0.0400. The molecule has 0 amide bonds. The number of ether oxygens (including phenoxy) is 1. The molecule has 0 radical (unpaired) electrons. The van der Waals surface area contributed by atoms with E-state index < -0.39 is 23.4 Å². The first kappa shape index (κ1) is 25.0. The number of hydrogen-bond acceptors (Lipinski definition) is 4. The van der Waals surface area contributed by atoms with Crippen molar-refractivity contribution < 1.29 is 20.1 Å². The molecule has 0 aromatic rings. The van der Waals surface area contributed by atoms with Gasteiger partial charge in [-0.25, -0.2) is 0 Å². The van der Waals surface area contributed by atoms with E-state index in [0.717, 1.165) is 36.8 Å². The lowest BCUT2D eigenvalue weighted by Crippen LogP contribution is -2.40. The molecule has 0 heterocycles. The van der Waals surface area contributed by atoms with Gasteiger partial charge in [-0.1, -0.05) is 49.1 Å². The molecule has 0 aromatic carbocycles. The van der Waals surface area contributed by atoms with Gasteiger partial charge in [-0.2, -0.15) is 0 Å². The summed E-state index contributed by atoms with van der Waals surface area (Å²) in [6.45, 7) is 14.3. The lowest BCUT2D eigenvalue weighted by atomic mass is 9.62. The zero-order chi connectivity index (χ0) is 23.7. The zero-order valence-corrected chi connectivity index (χ0v) is 20.4. The van der Waals surface area contributed by atoms with E-state index in [4.69, 9.17) is 4.74 Å². The van der Waals surface area contributed by atoms with Gasteiger partial charge in [-0.05, 0) is 87.9 Å². The summed E-state index contributed by atoms with van der Waals surface area (Å²) in [5, 5.41) is 30.0. The Labute approximate surface area is 193 Å². The topological polar surface area (TPSA) is 69.9 Å². The third-order valence-corrected chi connectivity index (χ3v) is 7.36. The average molecular weight is 441 g/mol. The second kappa shape index (κ2) is 9.31. The first-order valence-electron chi connectivity index (χ1n) is 11.9. The lowest BCUT2D eigenvalue weighted by Gasteiger charge is -2.45. The molecule has 32 heavy (non-hydrogen) atoms. The van der Waals surface area contributed by atoms with Gasteiger partial charge in [-0.15, -0.1) is 0 Å². The van der Waals surface area contributed by atoms with Crippen LogP contribution in [0.3, 0.4) is 0 Å². The van der Waals surface area contributed by atoms with E-state index in [1.165, 1.54) is 11.1 Å². The summed E-state index contributed by atoms with van der Waals surface area (Å²) < 4.78 is 6.20. The fourth-order valence-corrected chi connectivity index (χ4v) is 5.76. The molecule has 0 bridgehead atoms. The molecule has 4 nitrogen and oxygen atoms in total. The Morgan fingerprint density at radius 1 is 1.25 bits per heavy atom. The van der Waals surface area contributed by atoms with Crippen LogP contribution in [0.25, 0.3) is 0 Å². The van der Waals surface area contributed by atoms with Gasteiger partial charge in [0.25, 0.3) is 0 Å². The monoisotopic (exact) mass is 440 g/mol. The molecule has 2 saturated carbocycles. The van der Waals surface area contributed by atoms with Gasteiger partial charge in [0.05, 0.1) is 17.8 Å². The van der Waals surface area contributed by atoms with Crippen LogP contribution >= 0.6 is 0 Å². The molecule has 4 heteroatoms. The van der Waals surface area contributed by atoms with Gasteiger partial charge < -0.3 is 20.1 Å². The Balaban J connectivity index is 1.76. The van der Waals surface area contributed by atoms with Crippen molar-refractivity contribution in [2.75, 3.05) is 6.61 Å². The van der Waals surface area contributed by atoms with Crippen molar-refractivity contribution in [3.05, 3.63) is 47.1 Å². The maximum Gasteiger partial charge on any atom is 0.120 e. The van der Waals surface area contributed by atoms with Crippen LogP contribution in [0, 0.1) is 23.2 Å². The molecule has 3 aliphatic carbocycles. The van der Waals surface area contributed by atoms with E-state index in [0.29, 0.717) is 18.8 Å². The molecular weight excluding hydrogens is 400 g/mol. The van der Waals surface area contributed by atoms with E-state index >= 15 is 0 Å². The Morgan fingerprint density at radius 2 is 1.97 bits per heavy atom. The van der Waals surface area contributed by atoms with Gasteiger partial charge in [0.1, 0.15) is 12.2 Å². The van der Waals surface area contributed by atoms with E-state index in [9.17, 15) is 15.3 Å². The summed E-state index contributed by atoms with van der Waals surface area (Å²) in [5.74, 6) is 6.20. The van der Waals surface area contributed by atoms with Gasteiger partial charge in [0.15, 0.2) is 0 Å². The Hall–Kier alpha value is -1.64. The summed E-state index contributed by atoms with van der Waals surface area (Å²) in [6, 6.07) is 0. The molecule has 0 saturated heterocycles. The normalized spacial score (nSPS) is 33.7. The molecule has 0 unspecified atom stereocenters. The van der Waals surface area contributed by atoms with Crippen molar-refractivity contribution in [2.24, 2.45) is 11.3 Å². The Morgan fingerprint density at radius 3 is 2.66 bits per heavy atom. The maximum absolute atomic E-state index is 10.1. The average Bonchev–Trinajstić information content (AvgIpc) is 3.04. The highest BCUT2D eigenvalue weighted by atomic mass is 16.5. The second-order valence-electron chi connectivity index (χ2n) is 10.9. The van der Waals surface area contributed by atoms with E-state index in [1.807, 2.05) is 0 Å². The quantitative estimate of drug-likeness (QED) is 0.441. The molecule has 0 aliphatic heterocycles. The van der Waals surface area contributed by atoms with Crippen molar-refractivity contribution in [1.29, 1.82) is 0 Å². The minimum Gasteiger partial charge on any atom is -0.393 e. The second-order valence-corrected chi connectivity index (χ2v) is 10.9. The third kappa shape index (κ3) is 5.46. The van der Waals surface area contributed by atoms with Crippen molar-refractivity contribution in [3.63, 3.8) is 0 Å². The van der Waals surface area contributed by atoms with Crippen LogP contribution in [0.1, 0.15) is 73.1 Å². The van der Waals surface area contributed by atoms with Crippen LogP contribution in [-0.2, 0) is 4.74 Å². The SMILES string of the molecule is C=C1C(=CC=C2CCC[C@]3(C)C(C(C)(C)OCC#CC(C)(C)O)=CC[C@@H]23)C[C@@H](O)C[C@@H]1O. The molecule has 3 rings (SSSR count). The van der Waals surface area contributed by atoms with Crippen LogP contribution in [-0.4, -0.2) is 45.3 Å². The molecule has 3 aliphatic rings.